The predicted molar refractivity (Wildman–Crippen MR) is 113 cm³/mol. The van der Waals surface area contributed by atoms with Crippen LogP contribution in [0, 0.1) is 0 Å². The summed E-state index contributed by atoms with van der Waals surface area (Å²) in [6.45, 7) is 17.8. The average Bonchev–Trinajstić information content (AvgIpc) is 3.07. The van der Waals surface area contributed by atoms with Gasteiger partial charge in [-0.2, -0.15) is 0 Å². The van der Waals surface area contributed by atoms with Crippen molar-refractivity contribution in [3.63, 3.8) is 0 Å². The molecule has 0 fully saturated rings. The van der Waals surface area contributed by atoms with Crippen molar-refractivity contribution in [2.45, 2.75) is 41.2 Å². The maximum absolute atomic E-state index is 12.2. The lowest BCUT2D eigenvalue weighted by Gasteiger charge is -2.27. The molecule has 1 aromatic carbocycles. The van der Waals surface area contributed by atoms with E-state index in [-0.39, 0.29) is 5.91 Å². The molecule has 1 aliphatic heterocycles. The Bertz CT molecular complexity index is 846. The number of hydrogen-bond acceptors (Lipinski definition) is 3. The van der Waals surface area contributed by atoms with E-state index in [1.54, 1.807) is 28.7 Å². The minimum atomic E-state index is -0.0543. The van der Waals surface area contributed by atoms with Gasteiger partial charge in [-0.15, -0.1) is 5.10 Å². The Morgan fingerprint density at radius 2 is 1.74 bits per heavy atom. The molecule has 2 heterocycles. The number of carbonyl (C=O) groups is 1. The van der Waals surface area contributed by atoms with E-state index in [0.29, 0.717) is 17.9 Å². The van der Waals surface area contributed by atoms with Gasteiger partial charge in [-0.3, -0.25) is 4.79 Å². The van der Waals surface area contributed by atoms with Crippen LogP contribution >= 0.6 is 0 Å². The molecule has 144 valence electrons. The highest BCUT2D eigenvalue weighted by Crippen LogP contribution is 2.36. The normalized spacial score (nSPS) is 14.8. The molecule has 0 saturated heterocycles. The summed E-state index contributed by atoms with van der Waals surface area (Å²) in [4.78, 5) is 13.9. The molecule has 27 heavy (non-hydrogen) atoms. The fraction of sp³-hybridized carbons (Fsp3) is 0.318. The standard InChI is InChI=1S/C18H18N4O.2C2H6/c1-5-14-16(6-2)22(12(3)23)11-13-9-7-8-10-15(13)18-17(14)19-20-21(18)4;2*1-2/h5-10H,1-2,11H2,3-4H3;2*1-2H3/b16-14-;;. The van der Waals surface area contributed by atoms with Gasteiger partial charge >= 0.3 is 0 Å². The van der Waals surface area contributed by atoms with Gasteiger partial charge in [-0.1, -0.05) is 76.4 Å². The molecule has 0 aliphatic carbocycles. The van der Waals surface area contributed by atoms with Gasteiger partial charge in [-0.25, -0.2) is 4.68 Å². The predicted octanol–water partition coefficient (Wildman–Crippen LogP) is 4.98. The number of fused-ring (bicyclic) bond motifs is 3. The van der Waals surface area contributed by atoms with Crippen molar-refractivity contribution in [3.8, 4) is 11.3 Å². The Morgan fingerprint density at radius 1 is 1.11 bits per heavy atom. The summed E-state index contributed by atoms with van der Waals surface area (Å²) in [5.41, 5.74) is 5.13. The molecule has 1 amide bonds. The number of hydrogen-bond donors (Lipinski definition) is 0. The number of carbonyl (C=O) groups excluding carboxylic acids is 1. The van der Waals surface area contributed by atoms with Crippen molar-refractivity contribution in [2.75, 3.05) is 0 Å². The number of benzene rings is 1. The molecule has 0 radical (unpaired) electrons. The molecular weight excluding hydrogens is 336 g/mol. The zero-order valence-electron chi connectivity index (χ0n) is 17.3. The number of rotatable bonds is 2. The third-order valence-electron chi connectivity index (χ3n) is 4.03. The minimum absolute atomic E-state index is 0.0543. The van der Waals surface area contributed by atoms with Gasteiger partial charge in [0.2, 0.25) is 5.91 Å². The van der Waals surface area contributed by atoms with Crippen LogP contribution in [0.4, 0.5) is 0 Å². The second kappa shape index (κ2) is 10.3. The van der Waals surface area contributed by atoms with Crippen LogP contribution in [0.1, 0.15) is 45.9 Å². The highest BCUT2D eigenvalue weighted by atomic mass is 16.2. The van der Waals surface area contributed by atoms with Crippen LogP contribution in [-0.4, -0.2) is 25.8 Å². The van der Waals surface area contributed by atoms with Gasteiger partial charge < -0.3 is 4.90 Å². The van der Waals surface area contributed by atoms with Crippen LogP contribution in [0.25, 0.3) is 16.8 Å². The maximum Gasteiger partial charge on any atom is 0.224 e. The third kappa shape index (κ3) is 4.25. The molecule has 0 bridgehead atoms. The van der Waals surface area contributed by atoms with Crippen LogP contribution in [0.3, 0.4) is 0 Å². The Morgan fingerprint density at radius 3 is 2.30 bits per heavy atom. The van der Waals surface area contributed by atoms with Gasteiger partial charge in [0.25, 0.3) is 0 Å². The first kappa shape index (κ1) is 22.1. The van der Waals surface area contributed by atoms with Crippen molar-refractivity contribution in [2.24, 2.45) is 7.05 Å². The Kier molecular flexibility index (Phi) is 8.39. The summed E-state index contributed by atoms with van der Waals surface area (Å²) in [6.07, 6.45) is 3.37. The second-order valence-electron chi connectivity index (χ2n) is 5.38. The van der Waals surface area contributed by atoms with E-state index in [1.807, 2.05) is 59.0 Å². The number of amides is 1. The molecular formula is C22H30N4O. The first-order valence-corrected chi connectivity index (χ1v) is 9.34. The molecule has 1 aromatic heterocycles. The zero-order valence-corrected chi connectivity index (χ0v) is 17.3. The summed E-state index contributed by atoms with van der Waals surface area (Å²) >= 11 is 0. The van der Waals surface area contributed by atoms with Crippen LogP contribution < -0.4 is 0 Å². The van der Waals surface area contributed by atoms with Gasteiger partial charge in [0.05, 0.1) is 17.9 Å². The Balaban J connectivity index is 0.000000855. The molecule has 1 aliphatic rings. The summed E-state index contributed by atoms with van der Waals surface area (Å²) < 4.78 is 1.75. The second-order valence-corrected chi connectivity index (χ2v) is 5.38. The first-order chi connectivity index (χ1) is 13.1. The van der Waals surface area contributed by atoms with Crippen molar-refractivity contribution in [1.29, 1.82) is 0 Å². The third-order valence-corrected chi connectivity index (χ3v) is 4.03. The average molecular weight is 367 g/mol. The zero-order chi connectivity index (χ0) is 20.6. The van der Waals surface area contributed by atoms with Crippen LogP contribution in [0.5, 0.6) is 0 Å². The smallest absolute Gasteiger partial charge is 0.224 e. The number of aromatic nitrogens is 3. The van der Waals surface area contributed by atoms with Crippen molar-refractivity contribution >= 4 is 11.5 Å². The molecule has 0 N–H and O–H groups in total. The van der Waals surface area contributed by atoms with Crippen molar-refractivity contribution in [1.82, 2.24) is 19.9 Å². The van der Waals surface area contributed by atoms with E-state index in [9.17, 15) is 4.79 Å². The molecule has 3 rings (SSSR count). The van der Waals surface area contributed by atoms with E-state index in [4.69, 9.17) is 0 Å². The lowest BCUT2D eigenvalue weighted by atomic mass is 9.95. The lowest BCUT2D eigenvalue weighted by molar-refractivity contribution is -0.127. The first-order valence-electron chi connectivity index (χ1n) is 9.34. The number of nitrogens with zero attached hydrogens (tertiary/aromatic N) is 4. The summed E-state index contributed by atoms with van der Waals surface area (Å²) in [7, 11) is 1.86. The molecule has 0 unspecified atom stereocenters. The Hall–Kier alpha value is -2.95. The number of allylic oxidation sites excluding steroid dienone is 3. The van der Waals surface area contributed by atoms with Gasteiger partial charge in [0.15, 0.2) is 0 Å². The van der Waals surface area contributed by atoms with Crippen LogP contribution in [-0.2, 0) is 18.4 Å². The Labute approximate surface area is 162 Å². The fourth-order valence-corrected chi connectivity index (χ4v) is 2.95. The maximum atomic E-state index is 12.2. The van der Waals surface area contributed by atoms with Crippen LogP contribution in [0.2, 0.25) is 0 Å². The lowest BCUT2D eigenvalue weighted by Crippen LogP contribution is -2.28. The largest absolute Gasteiger partial charge is 0.308 e. The van der Waals surface area contributed by atoms with E-state index >= 15 is 0 Å². The molecule has 0 saturated carbocycles. The van der Waals surface area contributed by atoms with Crippen molar-refractivity contribution < 1.29 is 4.79 Å². The SMILES string of the molecule is C=C/C1=C(\C=C)N(C(C)=O)Cc2ccccc2-c2c1nnn2C.CC.CC. The van der Waals surface area contributed by atoms with E-state index in [2.05, 4.69) is 23.5 Å². The van der Waals surface area contributed by atoms with Gasteiger partial charge in [-0.05, 0) is 11.6 Å². The highest BCUT2D eigenvalue weighted by Gasteiger charge is 2.26. The molecule has 0 spiro atoms. The van der Waals surface area contributed by atoms with E-state index < -0.39 is 0 Å². The van der Waals surface area contributed by atoms with E-state index in [0.717, 1.165) is 22.4 Å². The van der Waals surface area contributed by atoms with Crippen molar-refractivity contribution in [3.05, 3.63) is 66.5 Å². The molecule has 2 aromatic rings. The molecule has 5 nitrogen and oxygen atoms in total. The van der Waals surface area contributed by atoms with Gasteiger partial charge in [0.1, 0.15) is 5.69 Å². The van der Waals surface area contributed by atoms with E-state index in [1.165, 1.54) is 0 Å². The topological polar surface area (TPSA) is 51.0 Å². The minimum Gasteiger partial charge on any atom is -0.308 e. The summed E-state index contributed by atoms with van der Waals surface area (Å²) in [5, 5.41) is 8.46. The summed E-state index contributed by atoms with van der Waals surface area (Å²) in [5.74, 6) is -0.0543. The van der Waals surface area contributed by atoms with Gasteiger partial charge in [0, 0.05) is 25.1 Å². The summed E-state index contributed by atoms with van der Waals surface area (Å²) in [6, 6.07) is 7.98. The molecule has 0 atom stereocenters. The highest BCUT2D eigenvalue weighted by molar-refractivity contribution is 5.89. The molecule has 5 heteroatoms. The fourth-order valence-electron chi connectivity index (χ4n) is 2.95. The van der Waals surface area contributed by atoms with Crippen LogP contribution in [0.15, 0.2) is 55.3 Å². The quantitative estimate of drug-likeness (QED) is 0.753. The monoisotopic (exact) mass is 366 g/mol. The number of aryl methyl sites for hydroxylation is 1.